The second-order valence-electron chi connectivity index (χ2n) is 5.12. The standard InChI is InChI=1S/C15H18F3NO2/c16-15(17,18)21-14-8-4-7-13(9-14)11-20-19-10-12-5-2-1-3-6-12/h4,7-10,12H,1-3,5-6,11H2. The van der Waals surface area contributed by atoms with Crippen LogP contribution in [-0.2, 0) is 11.4 Å². The van der Waals surface area contributed by atoms with Crippen molar-refractivity contribution in [2.75, 3.05) is 0 Å². The van der Waals surface area contributed by atoms with Crippen LogP contribution in [0.3, 0.4) is 0 Å². The molecule has 2 rings (SSSR count). The highest BCUT2D eigenvalue weighted by Gasteiger charge is 2.31. The average molecular weight is 301 g/mol. The minimum Gasteiger partial charge on any atom is -0.406 e. The van der Waals surface area contributed by atoms with E-state index in [4.69, 9.17) is 4.84 Å². The van der Waals surface area contributed by atoms with Crippen molar-refractivity contribution in [2.24, 2.45) is 11.1 Å². The fraction of sp³-hybridized carbons (Fsp3) is 0.533. The third kappa shape index (κ3) is 6.06. The molecule has 0 radical (unpaired) electrons. The van der Waals surface area contributed by atoms with Gasteiger partial charge in [-0.05, 0) is 36.5 Å². The summed E-state index contributed by atoms with van der Waals surface area (Å²) in [4.78, 5) is 5.14. The van der Waals surface area contributed by atoms with E-state index in [0.29, 0.717) is 11.5 Å². The number of hydrogen-bond acceptors (Lipinski definition) is 3. The number of halogens is 3. The van der Waals surface area contributed by atoms with Crippen molar-refractivity contribution in [3.8, 4) is 5.75 Å². The van der Waals surface area contributed by atoms with Gasteiger partial charge in [-0.25, -0.2) is 0 Å². The van der Waals surface area contributed by atoms with E-state index < -0.39 is 6.36 Å². The third-order valence-corrected chi connectivity index (χ3v) is 3.36. The van der Waals surface area contributed by atoms with Crippen LogP contribution in [-0.4, -0.2) is 12.6 Å². The summed E-state index contributed by atoms with van der Waals surface area (Å²) in [5, 5.41) is 3.91. The molecule has 1 aromatic carbocycles. The zero-order valence-corrected chi connectivity index (χ0v) is 11.6. The van der Waals surface area contributed by atoms with Gasteiger partial charge in [0, 0.05) is 6.21 Å². The lowest BCUT2D eigenvalue weighted by molar-refractivity contribution is -0.274. The number of nitrogens with zero attached hydrogens (tertiary/aromatic N) is 1. The topological polar surface area (TPSA) is 30.8 Å². The maximum absolute atomic E-state index is 12.1. The smallest absolute Gasteiger partial charge is 0.406 e. The van der Waals surface area contributed by atoms with Gasteiger partial charge in [-0.2, -0.15) is 0 Å². The summed E-state index contributed by atoms with van der Waals surface area (Å²) in [5.74, 6) is 0.207. The molecule has 0 aliphatic heterocycles. The molecule has 1 aliphatic rings. The summed E-state index contributed by atoms with van der Waals surface area (Å²) >= 11 is 0. The fourth-order valence-electron chi connectivity index (χ4n) is 2.36. The average Bonchev–Trinajstić information content (AvgIpc) is 2.43. The minimum atomic E-state index is -4.68. The van der Waals surface area contributed by atoms with E-state index >= 15 is 0 Å². The highest BCUT2D eigenvalue weighted by Crippen LogP contribution is 2.24. The maximum Gasteiger partial charge on any atom is 0.573 e. The van der Waals surface area contributed by atoms with Crippen molar-refractivity contribution in [3.05, 3.63) is 29.8 Å². The van der Waals surface area contributed by atoms with E-state index in [1.165, 1.54) is 37.5 Å². The maximum atomic E-state index is 12.1. The first kappa shape index (κ1) is 15.7. The highest BCUT2D eigenvalue weighted by molar-refractivity contribution is 5.59. The van der Waals surface area contributed by atoms with Crippen molar-refractivity contribution in [1.82, 2.24) is 0 Å². The zero-order valence-electron chi connectivity index (χ0n) is 11.6. The first-order valence-electron chi connectivity index (χ1n) is 7.03. The largest absolute Gasteiger partial charge is 0.573 e. The lowest BCUT2D eigenvalue weighted by atomic mass is 9.90. The number of ether oxygens (including phenoxy) is 1. The summed E-state index contributed by atoms with van der Waals surface area (Å²) < 4.78 is 40.2. The van der Waals surface area contributed by atoms with Crippen molar-refractivity contribution in [2.45, 2.75) is 45.1 Å². The van der Waals surface area contributed by atoms with Gasteiger partial charge in [0.05, 0.1) is 0 Å². The Labute approximate surface area is 121 Å². The molecule has 0 saturated heterocycles. The Hall–Kier alpha value is -1.72. The normalized spacial score (nSPS) is 17.1. The molecule has 0 N–H and O–H groups in total. The summed E-state index contributed by atoms with van der Waals surface area (Å²) in [6, 6.07) is 5.70. The van der Waals surface area contributed by atoms with Gasteiger partial charge in [0.2, 0.25) is 0 Å². The zero-order chi connectivity index (χ0) is 15.1. The Morgan fingerprint density at radius 1 is 1.19 bits per heavy atom. The Morgan fingerprint density at radius 2 is 1.95 bits per heavy atom. The molecular formula is C15H18F3NO2. The number of hydrogen-bond donors (Lipinski definition) is 0. The van der Waals surface area contributed by atoms with Crippen LogP contribution in [0.4, 0.5) is 13.2 Å². The van der Waals surface area contributed by atoms with E-state index in [0.717, 1.165) is 12.8 Å². The van der Waals surface area contributed by atoms with Crippen molar-refractivity contribution in [3.63, 3.8) is 0 Å². The lowest BCUT2D eigenvalue weighted by Crippen LogP contribution is -2.17. The van der Waals surface area contributed by atoms with Gasteiger partial charge in [-0.3, -0.25) is 0 Å². The molecule has 21 heavy (non-hydrogen) atoms. The molecule has 1 saturated carbocycles. The molecule has 116 valence electrons. The molecule has 0 heterocycles. The van der Waals surface area contributed by atoms with Gasteiger partial charge in [0.15, 0.2) is 0 Å². The molecule has 6 heteroatoms. The second-order valence-corrected chi connectivity index (χ2v) is 5.12. The Kier molecular flexibility index (Phi) is 5.47. The van der Waals surface area contributed by atoms with Crippen molar-refractivity contribution < 1.29 is 22.7 Å². The molecule has 1 aliphatic carbocycles. The van der Waals surface area contributed by atoms with Crippen molar-refractivity contribution in [1.29, 1.82) is 0 Å². The van der Waals surface area contributed by atoms with Crippen LogP contribution in [0, 0.1) is 5.92 Å². The van der Waals surface area contributed by atoms with Gasteiger partial charge in [-0.15, -0.1) is 13.2 Å². The molecule has 0 spiro atoms. The molecule has 3 nitrogen and oxygen atoms in total. The summed E-state index contributed by atoms with van der Waals surface area (Å²) in [5.41, 5.74) is 0.581. The van der Waals surface area contributed by atoms with Crippen molar-refractivity contribution >= 4 is 6.21 Å². The number of oxime groups is 1. The quantitative estimate of drug-likeness (QED) is 0.584. The van der Waals surface area contributed by atoms with E-state index in [9.17, 15) is 13.2 Å². The molecule has 1 fully saturated rings. The predicted molar refractivity (Wildman–Crippen MR) is 73.0 cm³/mol. The summed E-state index contributed by atoms with van der Waals surface area (Å²) in [6.07, 6.45) is 3.08. The van der Waals surface area contributed by atoms with E-state index in [1.807, 2.05) is 0 Å². The Bertz CT molecular complexity index is 468. The van der Waals surface area contributed by atoms with Crippen LogP contribution in [0.15, 0.2) is 29.4 Å². The van der Waals surface area contributed by atoms with Crippen LogP contribution >= 0.6 is 0 Å². The SMILES string of the molecule is FC(F)(F)Oc1cccc(CON=CC2CCCCC2)c1. The minimum absolute atomic E-state index is 0.123. The molecule has 0 unspecified atom stereocenters. The van der Waals surface area contributed by atoms with Gasteiger partial charge < -0.3 is 9.57 Å². The van der Waals surface area contributed by atoms with Crippen LogP contribution < -0.4 is 4.74 Å². The predicted octanol–water partition coefficient (Wildman–Crippen LogP) is 4.67. The van der Waals surface area contributed by atoms with Crippen LogP contribution in [0.25, 0.3) is 0 Å². The van der Waals surface area contributed by atoms with E-state index in [-0.39, 0.29) is 12.4 Å². The number of rotatable bonds is 5. The van der Waals surface area contributed by atoms with E-state index in [1.54, 1.807) is 12.3 Å². The molecule has 0 amide bonds. The van der Waals surface area contributed by atoms with Crippen LogP contribution in [0.5, 0.6) is 5.75 Å². The second kappa shape index (κ2) is 7.33. The monoisotopic (exact) mass is 301 g/mol. The van der Waals surface area contributed by atoms with Gasteiger partial charge in [-0.1, -0.05) is 36.6 Å². The van der Waals surface area contributed by atoms with Gasteiger partial charge in [0.1, 0.15) is 12.4 Å². The number of alkyl halides is 3. The molecule has 0 aromatic heterocycles. The first-order valence-corrected chi connectivity index (χ1v) is 7.03. The Balaban J connectivity index is 1.80. The van der Waals surface area contributed by atoms with Gasteiger partial charge >= 0.3 is 6.36 Å². The molecule has 1 aromatic rings. The number of benzene rings is 1. The lowest BCUT2D eigenvalue weighted by Gasteiger charge is -2.16. The molecular weight excluding hydrogens is 283 g/mol. The van der Waals surface area contributed by atoms with Crippen LogP contribution in [0.1, 0.15) is 37.7 Å². The molecule has 0 atom stereocenters. The summed E-state index contributed by atoms with van der Waals surface area (Å²) in [7, 11) is 0. The summed E-state index contributed by atoms with van der Waals surface area (Å²) in [6.45, 7) is 0.123. The Morgan fingerprint density at radius 3 is 2.67 bits per heavy atom. The third-order valence-electron chi connectivity index (χ3n) is 3.36. The molecule has 0 bridgehead atoms. The first-order chi connectivity index (χ1) is 10.0. The highest BCUT2D eigenvalue weighted by atomic mass is 19.4. The fourth-order valence-corrected chi connectivity index (χ4v) is 2.36. The van der Waals surface area contributed by atoms with Crippen LogP contribution in [0.2, 0.25) is 0 Å². The van der Waals surface area contributed by atoms with E-state index in [2.05, 4.69) is 9.89 Å². The van der Waals surface area contributed by atoms with Gasteiger partial charge in [0.25, 0.3) is 0 Å².